The molecule has 206 valence electrons. The Morgan fingerprint density at radius 2 is 1.75 bits per heavy atom. The van der Waals surface area contributed by atoms with Crippen LogP contribution < -0.4 is 0 Å². The largest absolute Gasteiger partial charge is 0.461 e. The molecule has 10 atom stereocenters. The van der Waals surface area contributed by atoms with E-state index in [1.54, 1.807) is 0 Å². The number of aliphatic hydroxyl groups excluding tert-OH is 1. The van der Waals surface area contributed by atoms with Gasteiger partial charge in [-0.25, -0.2) is 0 Å². The van der Waals surface area contributed by atoms with E-state index < -0.39 is 0 Å². The summed E-state index contributed by atoms with van der Waals surface area (Å²) in [4.78, 5) is 12.1. The molecule has 0 aromatic heterocycles. The number of allylic oxidation sites excluding steroid dienone is 2. The van der Waals surface area contributed by atoms with Crippen LogP contribution >= 0.6 is 11.6 Å². The van der Waals surface area contributed by atoms with Gasteiger partial charge >= 0.3 is 5.97 Å². The number of carbonyl (C=O) groups excluding carboxylic acids is 1. The molecular formula is C32H53ClO3. The van der Waals surface area contributed by atoms with Crippen molar-refractivity contribution in [2.45, 2.75) is 125 Å². The zero-order chi connectivity index (χ0) is 26.7. The van der Waals surface area contributed by atoms with E-state index in [2.05, 4.69) is 61.5 Å². The molecule has 36 heavy (non-hydrogen) atoms. The Kier molecular flexibility index (Phi) is 7.82. The maximum atomic E-state index is 12.1. The molecular weight excluding hydrogens is 468 g/mol. The Morgan fingerprint density at radius 3 is 2.39 bits per heavy atom. The molecule has 0 bridgehead atoms. The summed E-state index contributed by atoms with van der Waals surface area (Å²) in [5.74, 6) is 2.34. The summed E-state index contributed by atoms with van der Waals surface area (Å²) in [6.07, 6.45) is 12.3. The molecule has 0 amide bonds. The van der Waals surface area contributed by atoms with E-state index in [0.717, 1.165) is 19.3 Å². The predicted molar refractivity (Wildman–Crippen MR) is 149 cm³/mol. The van der Waals surface area contributed by atoms with Crippen molar-refractivity contribution in [3.8, 4) is 0 Å². The van der Waals surface area contributed by atoms with Gasteiger partial charge in [-0.1, -0.05) is 53.2 Å². The highest BCUT2D eigenvalue weighted by Crippen LogP contribution is 2.74. The lowest BCUT2D eigenvalue weighted by Gasteiger charge is -2.68. The topological polar surface area (TPSA) is 46.5 Å². The monoisotopic (exact) mass is 520 g/mol. The molecule has 4 aliphatic carbocycles. The fourth-order valence-electron chi connectivity index (χ4n) is 10.8. The van der Waals surface area contributed by atoms with Crippen molar-refractivity contribution in [1.29, 1.82) is 0 Å². The molecule has 0 spiro atoms. The van der Waals surface area contributed by atoms with Gasteiger partial charge in [-0.3, -0.25) is 4.79 Å². The molecule has 3 nitrogen and oxygen atoms in total. The average molecular weight is 521 g/mol. The minimum atomic E-state index is -0.302. The molecule has 4 saturated carbocycles. The second-order valence-corrected chi connectivity index (χ2v) is 15.1. The van der Waals surface area contributed by atoms with E-state index >= 15 is 0 Å². The van der Waals surface area contributed by atoms with E-state index in [4.69, 9.17) is 16.3 Å². The third kappa shape index (κ3) is 4.31. The third-order valence-corrected chi connectivity index (χ3v) is 12.9. The van der Waals surface area contributed by atoms with Crippen LogP contribution in [0.1, 0.15) is 113 Å². The molecule has 4 aliphatic rings. The van der Waals surface area contributed by atoms with Crippen molar-refractivity contribution in [2.24, 2.45) is 51.2 Å². The number of esters is 1. The zero-order valence-corrected chi connectivity index (χ0v) is 25.1. The maximum absolute atomic E-state index is 12.1. The van der Waals surface area contributed by atoms with Crippen LogP contribution in [0.15, 0.2) is 11.6 Å². The fourth-order valence-corrected chi connectivity index (χ4v) is 10.8. The van der Waals surface area contributed by atoms with Crippen LogP contribution in [0.2, 0.25) is 0 Å². The van der Waals surface area contributed by atoms with Crippen LogP contribution in [-0.4, -0.2) is 29.2 Å². The van der Waals surface area contributed by atoms with Gasteiger partial charge in [0.2, 0.25) is 0 Å². The standard InChI is InChI=1S/C32H53ClO3/c1-20(2)10-9-11-21(3)22-14-17-31(7)23-12-13-25-29(4,5)26(36-27(35)19-33)15-16-30(25,6)28(23)24(34)18-32(22,31)8/h10,21-26,28,34H,9,11-19H2,1-8H3. The van der Waals surface area contributed by atoms with Crippen molar-refractivity contribution < 1.29 is 14.6 Å². The van der Waals surface area contributed by atoms with Crippen LogP contribution in [-0.2, 0) is 9.53 Å². The highest BCUT2D eigenvalue weighted by Gasteiger charge is 2.70. The van der Waals surface area contributed by atoms with Crippen LogP contribution in [0.4, 0.5) is 0 Å². The summed E-state index contributed by atoms with van der Waals surface area (Å²) in [5, 5.41) is 12.0. The lowest BCUT2D eigenvalue weighted by Crippen LogP contribution is -2.65. The highest BCUT2D eigenvalue weighted by molar-refractivity contribution is 6.26. The third-order valence-electron chi connectivity index (χ3n) is 12.6. The van der Waals surface area contributed by atoms with E-state index in [9.17, 15) is 9.90 Å². The maximum Gasteiger partial charge on any atom is 0.321 e. The zero-order valence-electron chi connectivity index (χ0n) is 24.3. The van der Waals surface area contributed by atoms with Gasteiger partial charge < -0.3 is 9.84 Å². The SMILES string of the molecule is CC(C)=CCCC(C)C1CCC2(C)C3CCC4C(C)(C)C(OC(=O)CCl)CCC4(C)C3C(O)CC12C. The van der Waals surface area contributed by atoms with E-state index in [-0.39, 0.29) is 45.7 Å². The molecule has 0 aliphatic heterocycles. The first kappa shape index (κ1) is 28.5. The number of carbonyl (C=O) groups is 1. The van der Waals surface area contributed by atoms with Gasteiger partial charge in [-0.2, -0.15) is 0 Å². The van der Waals surface area contributed by atoms with Crippen molar-refractivity contribution >= 4 is 17.6 Å². The van der Waals surface area contributed by atoms with E-state index in [1.807, 2.05) is 0 Å². The highest BCUT2D eigenvalue weighted by atomic mass is 35.5. The summed E-state index contributed by atoms with van der Waals surface area (Å²) in [5.41, 5.74) is 1.86. The first-order chi connectivity index (χ1) is 16.7. The minimum Gasteiger partial charge on any atom is -0.461 e. The summed E-state index contributed by atoms with van der Waals surface area (Å²) in [7, 11) is 0. The molecule has 0 saturated heterocycles. The normalized spacial score (nSPS) is 46.2. The predicted octanol–water partition coefficient (Wildman–Crippen LogP) is 8.18. The van der Waals surface area contributed by atoms with Gasteiger partial charge in [-0.05, 0) is 117 Å². The number of halogens is 1. The van der Waals surface area contributed by atoms with Gasteiger partial charge in [0.1, 0.15) is 12.0 Å². The van der Waals surface area contributed by atoms with E-state index in [0.29, 0.717) is 29.6 Å². The van der Waals surface area contributed by atoms with Crippen LogP contribution in [0.25, 0.3) is 0 Å². The number of hydrogen-bond acceptors (Lipinski definition) is 3. The summed E-state index contributed by atoms with van der Waals surface area (Å²) in [6, 6.07) is 0. The smallest absolute Gasteiger partial charge is 0.321 e. The Hall–Kier alpha value is -0.540. The van der Waals surface area contributed by atoms with Crippen LogP contribution in [0, 0.1) is 51.2 Å². The van der Waals surface area contributed by atoms with E-state index in [1.165, 1.54) is 44.1 Å². The second kappa shape index (κ2) is 9.89. The summed E-state index contributed by atoms with van der Waals surface area (Å²) in [6.45, 7) is 19.1. The first-order valence-corrected chi connectivity index (χ1v) is 15.3. The Labute approximate surface area is 226 Å². The quantitative estimate of drug-likeness (QED) is 0.218. The van der Waals surface area contributed by atoms with Gasteiger partial charge in [-0.15, -0.1) is 11.6 Å². The molecule has 1 N–H and O–H groups in total. The second-order valence-electron chi connectivity index (χ2n) is 14.8. The molecule has 4 heteroatoms. The van der Waals surface area contributed by atoms with Gasteiger partial charge in [0.25, 0.3) is 0 Å². The fraction of sp³-hybridized carbons (Fsp3) is 0.906. The van der Waals surface area contributed by atoms with Gasteiger partial charge in [0.15, 0.2) is 0 Å². The Balaban J connectivity index is 1.60. The van der Waals surface area contributed by atoms with Crippen molar-refractivity contribution in [3.63, 3.8) is 0 Å². The molecule has 4 rings (SSSR count). The van der Waals surface area contributed by atoms with Gasteiger partial charge in [0, 0.05) is 5.41 Å². The first-order valence-electron chi connectivity index (χ1n) is 14.8. The molecule has 10 unspecified atom stereocenters. The Bertz CT molecular complexity index is 861. The number of alkyl halides is 1. The summed E-state index contributed by atoms with van der Waals surface area (Å²) < 4.78 is 5.87. The molecule has 0 heterocycles. The van der Waals surface area contributed by atoms with Crippen molar-refractivity contribution in [2.75, 3.05) is 5.88 Å². The summed E-state index contributed by atoms with van der Waals surface area (Å²) >= 11 is 5.78. The molecule has 0 aromatic carbocycles. The number of rotatable bonds is 6. The van der Waals surface area contributed by atoms with Crippen molar-refractivity contribution in [1.82, 2.24) is 0 Å². The van der Waals surface area contributed by atoms with Crippen molar-refractivity contribution in [3.05, 3.63) is 11.6 Å². The minimum absolute atomic E-state index is 0.0766. The molecule has 0 radical (unpaired) electrons. The molecule has 0 aromatic rings. The number of fused-ring (bicyclic) bond motifs is 5. The van der Waals surface area contributed by atoms with Crippen LogP contribution in [0.3, 0.4) is 0 Å². The molecule has 4 fully saturated rings. The number of hydrogen-bond donors (Lipinski definition) is 1. The number of aliphatic hydroxyl groups is 1. The van der Waals surface area contributed by atoms with Gasteiger partial charge in [0.05, 0.1) is 6.10 Å². The van der Waals surface area contributed by atoms with Crippen LogP contribution in [0.5, 0.6) is 0 Å². The lowest BCUT2D eigenvalue weighted by molar-refractivity contribution is -0.237. The average Bonchev–Trinajstić information content (AvgIpc) is 3.06. The lowest BCUT2D eigenvalue weighted by atomic mass is 9.37. The number of ether oxygens (including phenoxy) is 1. The Morgan fingerprint density at radius 1 is 1.06 bits per heavy atom.